The predicted octanol–water partition coefficient (Wildman–Crippen LogP) is 4.54. The van der Waals surface area contributed by atoms with E-state index in [1.807, 2.05) is 12.1 Å². The number of methoxy groups -OCH3 is 1. The molecule has 1 saturated carbocycles. The molecule has 1 aliphatic carbocycles. The normalized spacial score (nSPS) is 17.8. The Balaban J connectivity index is 2.71. The molecule has 2 rings (SSSR count). The minimum absolute atomic E-state index is 0.0943. The van der Waals surface area contributed by atoms with Crippen LogP contribution in [0.25, 0.3) is 0 Å². The van der Waals surface area contributed by atoms with Gasteiger partial charge in [0, 0.05) is 5.56 Å². The van der Waals surface area contributed by atoms with E-state index < -0.39 is 11.4 Å². The summed E-state index contributed by atoms with van der Waals surface area (Å²) in [7, 11) is 1.55. The molecule has 1 aromatic carbocycles. The van der Waals surface area contributed by atoms with E-state index in [0.29, 0.717) is 23.6 Å². The lowest BCUT2D eigenvalue weighted by atomic mass is 9.75. The van der Waals surface area contributed by atoms with E-state index in [4.69, 9.17) is 16.3 Å². The highest BCUT2D eigenvalue weighted by Gasteiger charge is 2.45. The van der Waals surface area contributed by atoms with E-state index in [1.54, 1.807) is 7.11 Å². The van der Waals surface area contributed by atoms with Gasteiger partial charge in [0.15, 0.2) is 0 Å². The molecule has 0 aliphatic heterocycles. The second-order valence-electron chi connectivity index (χ2n) is 6.88. The number of aliphatic carboxylic acids is 1. The number of carboxylic acid groups (broad SMARTS) is 1. The first-order valence-corrected chi connectivity index (χ1v) is 7.72. The molecule has 1 N–H and O–H groups in total. The molecule has 1 fully saturated rings. The Morgan fingerprint density at radius 3 is 2.29 bits per heavy atom. The number of ether oxygens (including phenoxy) is 1. The van der Waals surface area contributed by atoms with Crippen LogP contribution in [0.4, 0.5) is 0 Å². The highest BCUT2D eigenvalue weighted by Crippen LogP contribution is 2.48. The fourth-order valence-corrected chi connectivity index (χ4v) is 3.46. The van der Waals surface area contributed by atoms with Gasteiger partial charge in [-0.15, -0.1) is 0 Å². The number of halogens is 1. The van der Waals surface area contributed by atoms with Gasteiger partial charge >= 0.3 is 5.97 Å². The summed E-state index contributed by atoms with van der Waals surface area (Å²) >= 11 is 6.37. The van der Waals surface area contributed by atoms with Crippen LogP contribution in [0.5, 0.6) is 5.75 Å². The van der Waals surface area contributed by atoms with E-state index in [-0.39, 0.29) is 5.41 Å². The Hall–Kier alpha value is -1.22. The summed E-state index contributed by atoms with van der Waals surface area (Å²) < 4.78 is 5.44. The summed E-state index contributed by atoms with van der Waals surface area (Å²) in [6, 6.07) is 3.86. The molecule has 0 aromatic heterocycles. The summed E-state index contributed by atoms with van der Waals surface area (Å²) in [6.07, 6.45) is 3.13. The van der Waals surface area contributed by atoms with Crippen molar-refractivity contribution in [2.75, 3.05) is 7.11 Å². The topological polar surface area (TPSA) is 46.5 Å². The average molecular weight is 311 g/mol. The molecule has 0 bridgehead atoms. The largest absolute Gasteiger partial charge is 0.495 e. The van der Waals surface area contributed by atoms with Crippen LogP contribution in [-0.2, 0) is 15.6 Å². The van der Waals surface area contributed by atoms with Crippen molar-refractivity contribution in [1.29, 1.82) is 0 Å². The van der Waals surface area contributed by atoms with Crippen molar-refractivity contribution >= 4 is 17.6 Å². The molecule has 0 spiro atoms. The van der Waals surface area contributed by atoms with Crippen molar-refractivity contribution < 1.29 is 14.6 Å². The van der Waals surface area contributed by atoms with Crippen LogP contribution in [0.2, 0.25) is 5.02 Å². The molecular weight excluding hydrogens is 288 g/mol. The number of rotatable bonds is 3. The zero-order chi connectivity index (χ0) is 15.8. The molecule has 0 atom stereocenters. The Bertz CT molecular complexity index is 552. The maximum Gasteiger partial charge on any atom is 0.314 e. The van der Waals surface area contributed by atoms with E-state index in [1.165, 1.54) is 0 Å². The minimum Gasteiger partial charge on any atom is -0.495 e. The van der Waals surface area contributed by atoms with Gasteiger partial charge in [0.05, 0.1) is 17.5 Å². The van der Waals surface area contributed by atoms with Crippen molar-refractivity contribution in [3.63, 3.8) is 0 Å². The lowest BCUT2D eigenvalue weighted by Gasteiger charge is -2.30. The molecule has 116 valence electrons. The summed E-state index contributed by atoms with van der Waals surface area (Å²) in [4.78, 5) is 12.0. The van der Waals surface area contributed by atoms with Crippen LogP contribution in [0.15, 0.2) is 12.1 Å². The van der Waals surface area contributed by atoms with E-state index in [2.05, 4.69) is 20.8 Å². The molecule has 0 unspecified atom stereocenters. The third-order valence-electron chi connectivity index (χ3n) is 4.50. The first-order valence-electron chi connectivity index (χ1n) is 7.34. The van der Waals surface area contributed by atoms with Gasteiger partial charge < -0.3 is 9.84 Å². The van der Waals surface area contributed by atoms with Crippen LogP contribution in [0, 0.1) is 0 Å². The van der Waals surface area contributed by atoms with Crippen LogP contribution < -0.4 is 4.74 Å². The molecule has 1 aromatic rings. The maximum atomic E-state index is 12.0. The van der Waals surface area contributed by atoms with Gasteiger partial charge in [-0.2, -0.15) is 0 Å². The fraction of sp³-hybridized carbons (Fsp3) is 0.588. The lowest BCUT2D eigenvalue weighted by molar-refractivity contribution is -0.143. The van der Waals surface area contributed by atoms with Gasteiger partial charge in [-0.05, 0) is 29.9 Å². The lowest BCUT2D eigenvalue weighted by Crippen LogP contribution is -2.33. The Morgan fingerprint density at radius 2 is 1.86 bits per heavy atom. The standard InChI is InChI=1S/C17H23ClO3/c1-16(2,3)11-9-12(14(21-4)13(18)10-11)17(15(19)20)7-5-6-8-17/h9-10H,5-8H2,1-4H3,(H,19,20). The zero-order valence-electron chi connectivity index (χ0n) is 13.1. The summed E-state index contributed by atoms with van der Waals surface area (Å²) in [5.74, 6) is -0.269. The van der Waals surface area contributed by atoms with E-state index in [9.17, 15) is 9.90 Å². The monoisotopic (exact) mass is 310 g/mol. The average Bonchev–Trinajstić information content (AvgIpc) is 2.87. The zero-order valence-corrected chi connectivity index (χ0v) is 13.9. The molecule has 4 heteroatoms. The van der Waals surface area contributed by atoms with E-state index in [0.717, 1.165) is 24.0 Å². The SMILES string of the molecule is COc1c(Cl)cc(C(C)(C)C)cc1C1(C(=O)O)CCCC1. The molecule has 0 heterocycles. The third kappa shape index (κ3) is 2.76. The first kappa shape index (κ1) is 16.2. The molecule has 0 radical (unpaired) electrons. The van der Waals surface area contributed by atoms with Crippen LogP contribution >= 0.6 is 11.6 Å². The van der Waals surface area contributed by atoms with Gasteiger partial charge in [-0.3, -0.25) is 4.79 Å². The summed E-state index contributed by atoms with van der Waals surface area (Å²) in [5.41, 5.74) is 0.808. The van der Waals surface area contributed by atoms with Gasteiger partial charge in [-0.1, -0.05) is 51.3 Å². The van der Waals surface area contributed by atoms with Gasteiger partial charge in [-0.25, -0.2) is 0 Å². The van der Waals surface area contributed by atoms with Crippen LogP contribution in [-0.4, -0.2) is 18.2 Å². The fourth-order valence-electron chi connectivity index (χ4n) is 3.17. The predicted molar refractivity (Wildman–Crippen MR) is 84.5 cm³/mol. The molecule has 0 saturated heterocycles. The quantitative estimate of drug-likeness (QED) is 0.891. The third-order valence-corrected chi connectivity index (χ3v) is 4.78. The second-order valence-corrected chi connectivity index (χ2v) is 7.29. The second kappa shape index (κ2) is 5.53. The van der Waals surface area contributed by atoms with Gasteiger partial charge in [0.2, 0.25) is 0 Å². The van der Waals surface area contributed by atoms with Crippen molar-refractivity contribution in [1.82, 2.24) is 0 Å². The Labute approximate surface area is 131 Å². The smallest absolute Gasteiger partial charge is 0.314 e. The van der Waals surface area contributed by atoms with Crippen molar-refractivity contribution in [2.24, 2.45) is 0 Å². The Kier molecular flexibility index (Phi) is 4.25. The molecule has 3 nitrogen and oxygen atoms in total. The van der Waals surface area contributed by atoms with Crippen LogP contribution in [0.3, 0.4) is 0 Å². The number of carbonyl (C=O) groups is 1. The molecular formula is C17H23ClO3. The van der Waals surface area contributed by atoms with Crippen molar-refractivity contribution in [3.8, 4) is 5.75 Å². The number of benzene rings is 1. The Morgan fingerprint density at radius 1 is 1.29 bits per heavy atom. The number of carboxylic acids is 1. The maximum absolute atomic E-state index is 12.0. The number of hydrogen-bond donors (Lipinski definition) is 1. The minimum atomic E-state index is -0.865. The van der Waals surface area contributed by atoms with Gasteiger partial charge in [0.25, 0.3) is 0 Å². The van der Waals surface area contributed by atoms with Gasteiger partial charge in [0.1, 0.15) is 5.75 Å². The first-order chi connectivity index (χ1) is 9.72. The highest BCUT2D eigenvalue weighted by atomic mass is 35.5. The summed E-state index contributed by atoms with van der Waals surface area (Å²) in [5, 5.41) is 10.3. The molecule has 0 amide bonds. The summed E-state index contributed by atoms with van der Waals surface area (Å²) in [6.45, 7) is 6.28. The molecule has 1 aliphatic rings. The van der Waals surface area contributed by atoms with Crippen molar-refractivity contribution in [2.45, 2.75) is 57.3 Å². The van der Waals surface area contributed by atoms with Crippen molar-refractivity contribution in [3.05, 3.63) is 28.3 Å². The van der Waals surface area contributed by atoms with Crippen LogP contribution in [0.1, 0.15) is 57.6 Å². The highest BCUT2D eigenvalue weighted by molar-refractivity contribution is 6.32. The number of hydrogen-bond acceptors (Lipinski definition) is 2. The molecule has 21 heavy (non-hydrogen) atoms. The van der Waals surface area contributed by atoms with E-state index >= 15 is 0 Å².